The molecule has 7 nitrogen and oxygen atoms in total. The summed E-state index contributed by atoms with van der Waals surface area (Å²) >= 11 is 0. The number of nitrogens with zero attached hydrogens (tertiary/aromatic N) is 3. The summed E-state index contributed by atoms with van der Waals surface area (Å²) < 4.78 is 11.2. The molecule has 0 bridgehead atoms. The second-order valence-corrected chi connectivity index (χ2v) is 6.39. The van der Waals surface area contributed by atoms with E-state index in [9.17, 15) is 9.59 Å². The first-order valence-corrected chi connectivity index (χ1v) is 7.76. The van der Waals surface area contributed by atoms with E-state index in [2.05, 4.69) is 32.8 Å². The van der Waals surface area contributed by atoms with Gasteiger partial charge in [0, 0.05) is 13.1 Å². The molecule has 0 saturated heterocycles. The summed E-state index contributed by atoms with van der Waals surface area (Å²) in [6.07, 6.45) is 1.46. The predicted molar refractivity (Wildman–Crippen MR) is 84.7 cm³/mol. The third-order valence-electron chi connectivity index (χ3n) is 3.15. The molecule has 2 heterocycles. The molecule has 0 aromatic carbocycles. The van der Waals surface area contributed by atoms with Crippen molar-refractivity contribution in [3.63, 3.8) is 0 Å². The van der Waals surface area contributed by atoms with Crippen LogP contribution in [0.2, 0.25) is 0 Å². The number of carbonyl (C=O) groups is 1. The van der Waals surface area contributed by atoms with Crippen LogP contribution in [-0.2, 0) is 11.3 Å². The zero-order chi connectivity index (χ0) is 17.0. The van der Waals surface area contributed by atoms with E-state index in [1.165, 1.54) is 6.26 Å². The van der Waals surface area contributed by atoms with Crippen LogP contribution >= 0.6 is 0 Å². The molecule has 2 aromatic rings. The van der Waals surface area contributed by atoms with E-state index in [4.69, 9.17) is 8.83 Å². The van der Waals surface area contributed by atoms with Crippen LogP contribution in [0.5, 0.6) is 0 Å². The predicted octanol–water partition coefficient (Wildman–Crippen LogP) is 2.24. The third kappa shape index (κ3) is 4.58. The molecule has 0 unspecified atom stereocenters. The Morgan fingerprint density at radius 2 is 1.91 bits per heavy atom. The van der Waals surface area contributed by atoms with E-state index in [-0.39, 0.29) is 18.3 Å². The zero-order valence-corrected chi connectivity index (χ0v) is 14.0. The zero-order valence-electron chi connectivity index (χ0n) is 14.0. The first-order valence-electron chi connectivity index (χ1n) is 7.76. The van der Waals surface area contributed by atoms with Crippen LogP contribution in [0.25, 0.3) is 11.7 Å². The molecular weight excluding hydrogens is 298 g/mol. The van der Waals surface area contributed by atoms with Gasteiger partial charge in [0.05, 0.1) is 6.26 Å². The van der Waals surface area contributed by atoms with Crippen molar-refractivity contribution in [2.24, 2.45) is 11.8 Å². The fourth-order valence-corrected chi connectivity index (χ4v) is 2.29. The molecule has 7 heteroatoms. The molecule has 0 atom stereocenters. The van der Waals surface area contributed by atoms with Gasteiger partial charge in [-0.25, -0.2) is 4.79 Å². The van der Waals surface area contributed by atoms with Crippen molar-refractivity contribution in [3.05, 3.63) is 28.9 Å². The molecule has 126 valence electrons. The minimum Gasteiger partial charge on any atom is -0.459 e. The van der Waals surface area contributed by atoms with Crippen LogP contribution in [0.3, 0.4) is 0 Å². The van der Waals surface area contributed by atoms with Gasteiger partial charge < -0.3 is 13.7 Å². The number of hydrogen-bond donors (Lipinski definition) is 0. The molecule has 0 saturated carbocycles. The maximum Gasteiger partial charge on any atom is 0.437 e. The minimum atomic E-state index is -0.668. The van der Waals surface area contributed by atoms with Crippen molar-refractivity contribution in [1.82, 2.24) is 14.7 Å². The van der Waals surface area contributed by atoms with Gasteiger partial charge in [-0.1, -0.05) is 27.7 Å². The normalized spacial score (nSPS) is 11.4. The molecule has 0 spiro atoms. The van der Waals surface area contributed by atoms with Crippen LogP contribution in [0.4, 0.5) is 0 Å². The molecule has 0 radical (unpaired) electrons. The monoisotopic (exact) mass is 321 g/mol. The third-order valence-corrected chi connectivity index (χ3v) is 3.15. The molecule has 2 aromatic heterocycles. The Hall–Kier alpha value is -2.31. The summed E-state index contributed by atoms with van der Waals surface area (Å²) in [6, 6.07) is 3.31. The molecule has 0 aliphatic carbocycles. The Labute approximate surface area is 134 Å². The molecular formula is C16H23N3O4. The van der Waals surface area contributed by atoms with Gasteiger partial charge in [-0.3, -0.25) is 4.79 Å². The Balaban J connectivity index is 2.13. The van der Waals surface area contributed by atoms with E-state index in [1.807, 2.05) is 0 Å². The van der Waals surface area contributed by atoms with Gasteiger partial charge in [-0.05, 0) is 24.0 Å². The van der Waals surface area contributed by atoms with Crippen molar-refractivity contribution in [1.29, 1.82) is 0 Å². The Morgan fingerprint density at radius 3 is 2.43 bits per heavy atom. The smallest absolute Gasteiger partial charge is 0.437 e. The summed E-state index contributed by atoms with van der Waals surface area (Å²) in [5.74, 6) is 0.324. The standard InChI is InChI=1S/C16H23N3O4/c1-11(2)8-18(9-12(3)4)14(20)10-19-16(21)23-15(17-19)13-6-5-7-22-13/h5-7,11-12H,8-10H2,1-4H3. The minimum absolute atomic E-state index is 0.0760. The highest BCUT2D eigenvalue weighted by Crippen LogP contribution is 2.15. The number of hydrogen-bond acceptors (Lipinski definition) is 5. The first-order chi connectivity index (χ1) is 10.9. The van der Waals surface area contributed by atoms with E-state index < -0.39 is 5.76 Å². The molecule has 0 N–H and O–H groups in total. The Kier molecular flexibility index (Phi) is 5.41. The summed E-state index contributed by atoms with van der Waals surface area (Å²) in [4.78, 5) is 26.1. The summed E-state index contributed by atoms with van der Waals surface area (Å²) in [7, 11) is 0. The SMILES string of the molecule is CC(C)CN(CC(C)C)C(=O)Cn1nc(-c2ccco2)oc1=O. The highest BCUT2D eigenvalue weighted by atomic mass is 16.4. The van der Waals surface area contributed by atoms with Crippen molar-refractivity contribution in [2.75, 3.05) is 13.1 Å². The van der Waals surface area contributed by atoms with Crippen LogP contribution in [0.15, 0.2) is 32.0 Å². The highest BCUT2D eigenvalue weighted by molar-refractivity contribution is 5.75. The molecule has 23 heavy (non-hydrogen) atoms. The first kappa shape index (κ1) is 17.1. The van der Waals surface area contributed by atoms with Crippen molar-refractivity contribution in [2.45, 2.75) is 34.2 Å². The number of carbonyl (C=O) groups excluding carboxylic acids is 1. The topological polar surface area (TPSA) is 81.5 Å². The fourth-order valence-electron chi connectivity index (χ4n) is 2.29. The van der Waals surface area contributed by atoms with E-state index in [1.54, 1.807) is 17.0 Å². The molecule has 1 amide bonds. The molecule has 2 rings (SSSR count). The van der Waals surface area contributed by atoms with Gasteiger partial charge in [-0.15, -0.1) is 5.10 Å². The maximum atomic E-state index is 12.5. The quantitative estimate of drug-likeness (QED) is 0.781. The van der Waals surface area contributed by atoms with Gasteiger partial charge in [0.1, 0.15) is 6.54 Å². The lowest BCUT2D eigenvalue weighted by atomic mass is 10.1. The largest absolute Gasteiger partial charge is 0.459 e. The molecule has 0 aliphatic rings. The van der Waals surface area contributed by atoms with Gasteiger partial charge in [0.25, 0.3) is 5.89 Å². The van der Waals surface area contributed by atoms with Crippen LogP contribution < -0.4 is 5.76 Å². The Bertz CT molecular complexity index is 672. The highest BCUT2D eigenvalue weighted by Gasteiger charge is 2.20. The summed E-state index contributed by atoms with van der Waals surface area (Å²) in [5.41, 5.74) is 0. The van der Waals surface area contributed by atoms with Gasteiger partial charge in [-0.2, -0.15) is 4.68 Å². The van der Waals surface area contributed by atoms with Crippen LogP contribution in [0.1, 0.15) is 27.7 Å². The number of aromatic nitrogens is 2. The lowest BCUT2D eigenvalue weighted by molar-refractivity contribution is -0.133. The Morgan fingerprint density at radius 1 is 1.26 bits per heavy atom. The van der Waals surface area contributed by atoms with E-state index >= 15 is 0 Å². The van der Waals surface area contributed by atoms with Gasteiger partial charge in [0.2, 0.25) is 5.91 Å². The van der Waals surface area contributed by atoms with E-state index in [0.717, 1.165) is 4.68 Å². The van der Waals surface area contributed by atoms with Crippen molar-refractivity contribution < 1.29 is 13.6 Å². The molecule has 0 aliphatic heterocycles. The van der Waals surface area contributed by atoms with Crippen molar-refractivity contribution >= 4 is 5.91 Å². The van der Waals surface area contributed by atoms with E-state index in [0.29, 0.717) is 30.7 Å². The van der Waals surface area contributed by atoms with Crippen molar-refractivity contribution in [3.8, 4) is 11.7 Å². The lowest BCUT2D eigenvalue weighted by Crippen LogP contribution is -2.40. The second kappa shape index (κ2) is 7.30. The molecule has 0 fully saturated rings. The van der Waals surface area contributed by atoms with Crippen LogP contribution in [0, 0.1) is 11.8 Å². The fraction of sp³-hybridized carbons (Fsp3) is 0.562. The average molecular weight is 321 g/mol. The average Bonchev–Trinajstić information content (AvgIpc) is 3.07. The van der Waals surface area contributed by atoms with Crippen LogP contribution in [-0.4, -0.2) is 33.7 Å². The van der Waals surface area contributed by atoms with Gasteiger partial charge in [0.15, 0.2) is 5.76 Å². The lowest BCUT2D eigenvalue weighted by Gasteiger charge is -2.26. The maximum absolute atomic E-state index is 12.5. The van der Waals surface area contributed by atoms with Gasteiger partial charge >= 0.3 is 5.76 Å². The number of amides is 1. The summed E-state index contributed by atoms with van der Waals surface area (Å²) in [6.45, 7) is 9.37. The summed E-state index contributed by atoms with van der Waals surface area (Å²) in [5, 5.41) is 4.03. The number of furan rings is 1. The second-order valence-electron chi connectivity index (χ2n) is 6.39. The number of rotatable bonds is 7.